The molecule has 0 atom stereocenters. The fraction of sp³-hybridized carbons (Fsp3) is 0.318. The number of ether oxygens (including phenoxy) is 1. The number of halogens is 3. The third-order valence-corrected chi connectivity index (χ3v) is 5.26. The van der Waals surface area contributed by atoms with Crippen molar-refractivity contribution in [2.24, 2.45) is 0 Å². The summed E-state index contributed by atoms with van der Waals surface area (Å²) in [6, 6.07) is 5.38. The van der Waals surface area contributed by atoms with Gasteiger partial charge in [-0.2, -0.15) is 0 Å². The lowest BCUT2D eigenvalue weighted by Gasteiger charge is -2.26. The minimum Gasteiger partial charge on any atom is -0.474 e. The Morgan fingerprint density at radius 3 is 2.42 bits per heavy atom. The van der Waals surface area contributed by atoms with E-state index in [1.54, 1.807) is 31.4 Å². The quantitative estimate of drug-likeness (QED) is 0.657. The van der Waals surface area contributed by atoms with E-state index in [1.165, 1.54) is 18.2 Å². The number of carbonyl (C=O) groups excluding carboxylic acids is 1. The van der Waals surface area contributed by atoms with Crippen molar-refractivity contribution in [1.82, 2.24) is 20.1 Å². The third kappa shape index (κ3) is 3.43. The third-order valence-electron chi connectivity index (χ3n) is 5.26. The molecule has 0 unspecified atom stereocenters. The molecule has 0 saturated carbocycles. The molecule has 0 spiro atoms. The van der Waals surface area contributed by atoms with Crippen molar-refractivity contribution in [2.45, 2.75) is 46.4 Å². The Bertz CT molecular complexity index is 1180. The average Bonchev–Trinajstić information content (AvgIpc) is 3.30. The van der Waals surface area contributed by atoms with Crippen molar-refractivity contribution in [1.29, 1.82) is 0 Å². The number of benzene rings is 2. The van der Waals surface area contributed by atoms with Gasteiger partial charge in [-0.05, 0) is 57.5 Å². The van der Waals surface area contributed by atoms with E-state index < -0.39 is 28.8 Å². The van der Waals surface area contributed by atoms with Crippen LogP contribution in [0.4, 0.5) is 13.2 Å². The lowest BCUT2D eigenvalue weighted by molar-refractivity contribution is 0.0827. The number of hydrogen-bond acceptors (Lipinski definition) is 4. The molecule has 1 aliphatic rings. The topological polar surface area (TPSA) is 69.0 Å². The minimum absolute atomic E-state index is 0.0988. The minimum atomic E-state index is -1.27. The van der Waals surface area contributed by atoms with Crippen LogP contribution in [0.15, 0.2) is 24.3 Å². The van der Waals surface area contributed by atoms with Gasteiger partial charge in [-0.3, -0.25) is 4.79 Å². The molecule has 162 valence electrons. The highest BCUT2D eigenvalue weighted by Crippen LogP contribution is 2.34. The molecule has 3 aromatic rings. The second-order valence-electron chi connectivity index (χ2n) is 7.90. The average molecular weight is 430 g/mol. The van der Waals surface area contributed by atoms with Gasteiger partial charge >= 0.3 is 0 Å². The Labute approximate surface area is 177 Å². The molecule has 1 aliphatic heterocycles. The second-order valence-corrected chi connectivity index (χ2v) is 7.90. The van der Waals surface area contributed by atoms with Crippen LogP contribution in [-0.2, 0) is 18.7 Å². The smallest absolute Gasteiger partial charge is 0.252 e. The molecule has 0 fully saturated rings. The number of aromatic nitrogens is 3. The van der Waals surface area contributed by atoms with Crippen LogP contribution in [-0.4, -0.2) is 20.7 Å². The lowest BCUT2D eigenvalue weighted by Crippen LogP contribution is -2.30. The number of nitrogens with zero attached hydrogens (tertiary/aromatic N) is 3. The molecule has 0 radical (unpaired) electrons. The standard InChI is InChI=1S/C22H21F3N4O2/c1-5-29-19(13-7-6-12-14(17(13)25)10-26-20(12)30)27-28-21(29)22(3,4)31-18-15(23)8-11(2)9-16(18)24/h6-9H,5,10H2,1-4H3,(H,26,30). The van der Waals surface area contributed by atoms with Gasteiger partial charge in [0.25, 0.3) is 5.91 Å². The van der Waals surface area contributed by atoms with E-state index in [2.05, 4.69) is 15.5 Å². The van der Waals surface area contributed by atoms with Crippen molar-refractivity contribution in [3.63, 3.8) is 0 Å². The van der Waals surface area contributed by atoms with Crippen LogP contribution in [0.3, 0.4) is 0 Å². The van der Waals surface area contributed by atoms with Crippen LogP contribution >= 0.6 is 0 Å². The predicted molar refractivity (Wildman–Crippen MR) is 107 cm³/mol. The fourth-order valence-corrected chi connectivity index (χ4v) is 3.78. The van der Waals surface area contributed by atoms with Crippen LogP contribution in [0.25, 0.3) is 11.4 Å². The molecular formula is C22H21F3N4O2. The Kier molecular flexibility index (Phi) is 4.99. The van der Waals surface area contributed by atoms with Crippen LogP contribution in [0.5, 0.6) is 5.75 Å². The van der Waals surface area contributed by atoms with E-state index in [9.17, 15) is 13.6 Å². The summed E-state index contributed by atoms with van der Waals surface area (Å²) in [6.45, 7) is 7.06. The first-order valence-electron chi connectivity index (χ1n) is 9.82. The Balaban J connectivity index is 1.76. The number of fused-ring (bicyclic) bond motifs is 1. The predicted octanol–water partition coefficient (Wildman–Crippen LogP) is 4.25. The first kappa shape index (κ1) is 20.9. The highest BCUT2D eigenvalue weighted by Gasteiger charge is 2.34. The van der Waals surface area contributed by atoms with Gasteiger partial charge in [0, 0.05) is 24.2 Å². The molecule has 1 aromatic heterocycles. The molecule has 2 aromatic carbocycles. The molecule has 4 rings (SSSR count). The molecule has 2 heterocycles. The van der Waals surface area contributed by atoms with E-state index in [0.717, 1.165) is 0 Å². The highest BCUT2D eigenvalue weighted by molar-refractivity contribution is 5.98. The van der Waals surface area contributed by atoms with Gasteiger partial charge in [0.15, 0.2) is 34.6 Å². The highest BCUT2D eigenvalue weighted by atomic mass is 19.1. The van der Waals surface area contributed by atoms with Crippen molar-refractivity contribution < 1.29 is 22.7 Å². The van der Waals surface area contributed by atoms with E-state index in [1.807, 2.05) is 6.92 Å². The van der Waals surface area contributed by atoms with Gasteiger partial charge in [-0.1, -0.05) is 0 Å². The maximum atomic E-state index is 15.1. The van der Waals surface area contributed by atoms with Gasteiger partial charge < -0.3 is 14.6 Å². The van der Waals surface area contributed by atoms with Gasteiger partial charge in [-0.25, -0.2) is 13.2 Å². The van der Waals surface area contributed by atoms with Gasteiger partial charge in [-0.15, -0.1) is 10.2 Å². The number of aryl methyl sites for hydroxylation is 1. The monoisotopic (exact) mass is 430 g/mol. The number of carbonyl (C=O) groups is 1. The van der Waals surface area contributed by atoms with Gasteiger partial charge in [0.2, 0.25) is 0 Å². The molecular weight excluding hydrogens is 409 g/mol. The summed E-state index contributed by atoms with van der Waals surface area (Å²) in [4.78, 5) is 11.8. The molecule has 0 bridgehead atoms. The number of nitrogens with one attached hydrogen (secondary N) is 1. The maximum absolute atomic E-state index is 15.1. The summed E-state index contributed by atoms with van der Waals surface area (Å²) in [7, 11) is 0. The molecule has 1 amide bonds. The van der Waals surface area contributed by atoms with E-state index in [4.69, 9.17) is 4.74 Å². The zero-order chi connectivity index (χ0) is 22.5. The Morgan fingerprint density at radius 2 is 1.77 bits per heavy atom. The summed E-state index contributed by atoms with van der Waals surface area (Å²) < 4.78 is 51.1. The molecule has 0 aliphatic carbocycles. The largest absolute Gasteiger partial charge is 0.474 e. The van der Waals surface area contributed by atoms with Crippen LogP contribution in [0, 0.1) is 24.4 Å². The second kappa shape index (κ2) is 7.40. The molecule has 31 heavy (non-hydrogen) atoms. The van der Waals surface area contributed by atoms with Gasteiger partial charge in [0.1, 0.15) is 5.82 Å². The summed E-state index contributed by atoms with van der Waals surface area (Å²) in [5.74, 6) is -2.53. The van der Waals surface area contributed by atoms with E-state index in [-0.39, 0.29) is 40.8 Å². The van der Waals surface area contributed by atoms with Crippen molar-refractivity contribution in [3.8, 4) is 17.1 Å². The summed E-state index contributed by atoms with van der Waals surface area (Å²) in [6.07, 6.45) is 0. The summed E-state index contributed by atoms with van der Waals surface area (Å²) >= 11 is 0. The molecule has 9 heteroatoms. The zero-order valence-electron chi connectivity index (χ0n) is 17.5. The zero-order valence-corrected chi connectivity index (χ0v) is 17.5. The van der Waals surface area contributed by atoms with Crippen molar-refractivity contribution >= 4 is 5.91 Å². The van der Waals surface area contributed by atoms with Crippen LogP contribution in [0.2, 0.25) is 0 Å². The first-order chi connectivity index (χ1) is 14.6. The SMILES string of the molecule is CCn1c(-c2ccc3c(c2F)CNC3=O)nnc1C(C)(C)Oc1c(F)cc(C)cc1F. The Hall–Kier alpha value is -3.36. The van der Waals surface area contributed by atoms with Crippen molar-refractivity contribution in [3.05, 3.63) is 64.2 Å². The molecule has 0 saturated heterocycles. The fourth-order valence-electron chi connectivity index (χ4n) is 3.78. The Morgan fingerprint density at radius 1 is 1.13 bits per heavy atom. The molecule has 6 nitrogen and oxygen atoms in total. The lowest BCUT2D eigenvalue weighted by atomic mass is 10.0. The summed E-state index contributed by atoms with van der Waals surface area (Å²) in [5.41, 5.74) is -0.103. The summed E-state index contributed by atoms with van der Waals surface area (Å²) in [5, 5.41) is 10.9. The number of hydrogen-bond donors (Lipinski definition) is 1. The number of amides is 1. The van der Waals surface area contributed by atoms with Crippen molar-refractivity contribution in [2.75, 3.05) is 0 Å². The maximum Gasteiger partial charge on any atom is 0.252 e. The first-order valence-corrected chi connectivity index (χ1v) is 9.82. The van der Waals surface area contributed by atoms with Gasteiger partial charge in [0.05, 0.1) is 5.56 Å². The van der Waals surface area contributed by atoms with Crippen LogP contribution < -0.4 is 10.1 Å². The molecule has 1 N–H and O–H groups in total. The normalized spacial score (nSPS) is 13.3. The van der Waals surface area contributed by atoms with E-state index in [0.29, 0.717) is 12.1 Å². The number of rotatable bonds is 5. The van der Waals surface area contributed by atoms with Crippen LogP contribution in [0.1, 0.15) is 48.1 Å². The van der Waals surface area contributed by atoms with E-state index >= 15 is 4.39 Å².